The first kappa shape index (κ1) is 22.0. The molecule has 3 aliphatic rings. The van der Waals surface area contributed by atoms with Gasteiger partial charge in [-0.05, 0) is 13.1 Å². The molecule has 3 fully saturated rings. The van der Waals surface area contributed by atoms with Crippen molar-refractivity contribution in [2.24, 2.45) is 5.92 Å². The molecule has 0 spiro atoms. The molecule has 1 aliphatic carbocycles. The molecule has 0 aromatic rings. The Morgan fingerprint density at radius 3 is 2.19 bits per heavy atom. The van der Waals surface area contributed by atoms with Crippen LogP contribution in [-0.4, -0.2) is 92.4 Å². The number of nitrogens with zero attached hydrogens (tertiary/aromatic N) is 3. The summed E-state index contributed by atoms with van der Waals surface area (Å²) < 4.78 is 11.7. The first-order valence-corrected chi connectivity index (χ1v) is 17.6. The van der Waals surface area contributed by atoms with Crippen molar-refractivity contribution in [3.05, 3.63) is 0 Å². The molecule has 0 aromatic carbocycles. The van der Waals surface area contributed by atoms with Crippen molar-refractivity contribution in [3.63, 3.8) is 0 Å². The van der Waals surface area contributed by atoms with Gasteiger partial charge >= 0.3 is 125 Å². The van der Waals surface area contributed by atoms with Gasteiger partial charge in [-0.3, -0.25) is 0 Å². The fraction of sp³-hybridized carbons (Fsp3) is 1.00. The number of piperidine rings is 1. The molecule has 0 unspecified atom stereocenters. The molecule has 2 aliphatic heterocycles. The van der Waals surface area contributed by atoms with E-state index in [-0.39, 0.29) is 17.6 Å². The van der Waals surface area contributed by atoms with Gasteiger partial charge in [0.2, 0.25) is 0 Å². The van der Waals surface area contributed by atoms with E-state index < -0.39 is 0 Å². The summed E-state index contributed by atoms with van der Waals surface area (Å²) in [5, 5.41) is 0. The van der Waals surface area contributed by atoms with Crippen LogP contribution in [0.2, 0.25) is 0 Å². The van der Waals surface area contributed by atoms with Crippen molar-refractivity contribution in [1.82, 2.24) is 14.7 Å². The van der Waals surface area contributed by atoms with E-state index in [9.17, 15) is 0 Å². The molecule has 26 heavy (non-hydrogen) atoms. The summed E-state index contributed by atoms with van der Waals surface area (Å²) in [6.07, 6.45) is 7.39. The summed E-state index contributed by atoms with van der Waals surface area (Å²) in [5.41, 5.74) is 0. The average Bonchev–Trinajstić information content (AvgIpc) is 2.65. The first-order valence-electron chi connectivity index (χ1n) is 10.5. The average molecular weight is 592 g/mol. The normalized spacial score (nSPS) is 29.9. The largest absolute Gasteiger partial charge is 0.0110 e. The topological polar surface area (TPSA) is 28.2 Å². The van der Waals surface area contributed by atoms with Crippen LogP contribution in [0.1, 0.15) is 39.0 Å². The van der Waals surface area contributed by atoms with E-state index in [0.717, 1.165) is 31.9 Å². The van der Waals surface area contributed by atoms with Crippen LogP contribution in [-0.2, 0) is 7.80 Å². The molecule has 3 rings (SSSR count). The third-order valence-corrected chi connectivity index (χ3v) is 8.65. The van der Waals surface area contributed by atoms with E-state index in [1.807, 2.05) is 0 Å². The van der Waals surface area contributed by atoms with Gasteiger partial charge in [-0.2, -0.15) is 0 Å². The SMILES string of the molecule is CCN1CCN(CCC2CCN(CCOC3CC(O[I-]I)C3)CC2)CC1. The fourth-order valence-electron chi connectivity index (χ4n) is 4.32. The second-order valence-corrected chi connectivity index (χ2v) is 11.2. The maximum absolute atomic E-state index is 6.01. The van der Waals surface area contributed by atoms with E-state index in [4.69, 9.17) is 7.80 Å². The predicted molar refractivity (Wildman–Crippen MR) is 110 cm³/mol. The van der Waals surface area contributed by atoms with Crippen LogP contribution in [0.25, 0.3) is 0 Å². The quantitative estimate of drug-likeness (QED) is 0.324. The Kier molecular flexibility index (Phi) is 10.2. The van der Waals surface area contributed by atoms with Gasteiger partial charge in [0, 0.05) is 26.2 Å². The van der Waals surface area contributed by atoms with Gasteiger partial charge in [-0.25, -0.2) is 0 Å². The second kappa shape index (κ2) is 12.1. The molecule has 154 valence electrons. The van der Waals surface area contributed by atoms with E-state index in [1.165, 1.54) is 71.6 Å². The summed E-state index contributed by atoms with van der Waals surface area (Å²) in [6, 6.07) is 0. The monoisotopic (exact) mass is 592 g/mol. The zero-order valence-corrected chi connectivity index (χ0v) is 20.6. The molecule has 0 bridgehead atoms. The summed E-state index contributed by atoms with van der Waals surface area (Å²) in [4.78, 5) is 7.86. The number of hydrogen-bond donors (Lipinski definition) is 0. The van der Waals surface area contributed by atoms with Crippen molar-refractivity contribution in [2.75, 3.05) is 65.5 Å². The van der Waals surface area contributed by atoms with Crippen LogP contribution in [0.3, 0.4) is 0 Å². The third-order valence-electron chi connectivity index (χ3n) is 6.45. The van der Waals surface area contributed by atoms with Gasteiger partial charge in [-0.15, -0.1) is 0 Å². The van der Waals surface area contributed by atoms with Gasteiger partial charge in [-0.1, -0.05) is 6.92 Å². The summed E-state index contributed by atoms with van der Waals surface area (Å²) in [5.74, 6) is 0.942. The zero-order valence-electron chi connectivity index (χ0n) is 16.3. The molecule has 0 N–H and O–H groups in total. The van der Waals surface area contributed by atoms with E-state index in [0.29, 0.717) is 12.2 Å². The van der Waals surface area contributed by atoms with Crippen LogP contribution in [0, 0.1) is 5.92 Å². The molecule has 5 nitrogen and oxygen atoms in total. The smallest absolute Gasteiger partial charge is 0.0110 e. The maximum atomic E-state index is 6.01. The fourth-order valence-corrected chi connectivity index (χ4v) is 6.83. The molecular formula is C19H36I2N3O2-. The van der Waals surface area contributed by atoms with Crippen molar-refractivity contribution in [3.8, 4) is 0 Å². The minimum atomic E-state index is -0.0465. The van der Waals surface area contributed by atoms with Crippen LogP contribution >= 0.6 is 18.6 Å². The number of piperazine rings is 1. The number of halogens is 2. The van der Waals surface area contributed by atoms with Gasteiger partial charge in [0.1, 0.15) is 0 Å². The number of hydrogen-bond acceptors (Lipinski definition) is 5. The Bertz CT molecular complexity index is 383. The van der Waals surface area contributed by atoms with Crippen LogP contribution < -0.4 is 17.6 Å². The standard InChI is InChI=1S/C19H36I2N3O2/c1-2-22-9-11-24(12-10-22)8-5-17-3-6-23(7-4-17)13-14-25-18-15-19(16-18)26-21-20/h17-19H,2-16H2,1H3/q-1. The van der Waals surface area contributed by atoms with Crippen molar-refractivity contribution >= 4 is 18.6 Å². The summed E-state index contributed by atoms with van der Waals surface area (Å²) in [7, 11) is 0. The summed E-state index contributed by atoms with van der Waals surface area (Å²) in [6.45, 7) is 14.5. The summed E-state index contributed by atoms with van der Waals surface area (Å²) >= 11 is 2.34. The molecule has 0 aromatic heterocycles. The molecule has 2 saturated heterocycles. The predicted octanol–water partition coefficient (Wildman–Crippen LogP) is -0.356. The Morgan fingerprint density at radius 1 is 0.885 bits per heavy atom. The Hall–Kier alpha value is 1.26. The van der Waals surface area contributed by atoms with Crippen molar-refractivity contribution in [2.45, 2.75) is 51.2 Å². The van der Waals surface area contributed by atoms with Crippen molar-refractivity contribution in [1.29, 1.82) is 0 Å². The van der Waals surface area contributed by atoms with Gasteiger partial charge < -0.3 is 9.80 Å². The molecule has 0 radical (unpaired) electrons. The number of likely N-dealkylation sites (tertiary alicyclic amines) is 1. The second-order valence-electron chi connectivity index (χ2n) is 8.08. The third kappa shape index (κ3) is 7.26. The minimum Gasteiger partial charge on any atom is 0.0110 e. The Balaban J connectivity index is 1.18. The molecule has 1 saturated carbocycles. The maximum Gasteiger partial charge on any atom is 0.0110 e. The number of rotatable bonds is 10. The Morgan fingerprint density at radius 2 is 1.54 bits per heavy atom. The van der Waals surface area contributed by atoms with Crippen LogP contribution in [0.15, 0.2) is 0 Å². The molecular weight excluding hydrogens is 556 g/mol. The van der Waals surface area contributed by atoms with Gasteiger partial charge in [0.15, 0.2) is 0 Å². The van der Waals surface area contributed by atoms with Crippen molar-refractivity contribution < 1.29 is 25.4 Å². The van der Waals surface area contributed by atoms with Gasteiger partial charge in [0.05, 0.1) is 0 Å². The number of likely N-dealkylation sites (N-methyl/N-ethyl adjacent to an activating group) is 1. The van der Waals surface area contributed by atoms with Crippen LogP contribution in [0.4, 0.5) is 0 Å². The first-order chi connectivity index (χ1) is 12.8. The molecule has 2 heterocycles. The van der Waals surface area contributed by atoms with Gasteiger partial charge in [0.25, 0.3) is 0 Å². The minimum absolute atomic E-state index is 0.0465. The Labute approximate surface area is 180 Å². The van der Waals surface area contributed by atoms with E-state index in [2.05, 4.69) is 40.2 Å². The van der Waals surface area contributed by atoms with E-state index >= 15 is 0 Å². The van der Waals surface area contributed by atoms with Crippen LogP contribution in [0.5, 0.6) is 0 Å². The number of ether oxygens (including phenoxy) is 1. The van der Waals surface area contributed by atoms with E-state index in [1.54, 1.807) is 0 Å². The molecule has 0 atom stereocenters. The molecule has 7 heteroatoms. The zero-order chi connectivity index (χ0) is 18.2. The molecule has 0 amide bonds.